The second-order valence-electron chi connectivity index (χ2n) is 7.08. The lowest BCUT2D eigenvalue weighted by Gasteiger charge is -2.34. The smallest absolute Gasteiger partial charge is 0.367 e. The third kappa shape index (κ3) is 5.81. The molecule has 0 unspecified atom stereocenters. The number of hydrogen-bond acceptors (Lipinski definition) is 4. The highest BCUT2D eigenvalue weighted by Crippen LogP contribution is 2.22. The Bertz CT molecular complexity index is 1070. The van der Waals surface area contributed by atoms with Gasteiger partial charge in [0.25, 0.3) is 5.91 Å². The molecule has 1 heterocycles. The minimum atomic E-state index is -4.42. The zero-order valence-corrected chi connectivity index (χ0v) is 17.4. The van der Waals surface area contributed by atoms with Crippen LogP contribution in [0.3, 0.4) is 0 Å². The van der Waals surface area contributed by atoms with E-state index in [4.69, 9.17) is 0 Å². The molecule has 0 N–H and O–H groups in total. The first-order valence-corrected chi connectivity index (χ1v) is 10.9. The summed E-state index contributed by atoms with van der Waals surface area (Å²) in [4.78, 5) is 13.4. The quantitative estimate of drug-likeness (QED) is 0.599. The van der Waals surface area contributed by atoms with Crippen LogP contribution in [0, 0.1) is 11.6 Å². The van der Waals surface area contributed by atoms with E-state index in [1.807, 2.05) is 0 Å². The Hall–Kier alpha value is -2.57. The van der Waals surface area contributed by atoms with Crippen LogP contribution in [0.4, 0.5) is 22.0 Å². The number of rotatable bonds is 6. The lowest BCUT2D eigenvalue weighted by molar-refractivity contribution is -0.176. The van der Waals surface area contributed by atoms with Crippen LogP contribution in [0.2, 0.25) is 0 Å². The summed E-state index contributed by atoms with van der Waals surface area (Å²) in [5.41, 5.74) is 0.744. The van der Waals surface area contributed by atoms with Gasteiger partial charge in [-0.1, -0.05) is 12.1 Å². The predicted octanol–water partition coefficient (Wildman–Crippen LogP) is 3.19. The summed E-state index contributed by atoms with van der Waals surface area (Å²) in [7, 11) is -4.19. The van der Waals surface area contributed by atoms with E-state index in [0.29, 0.717) is 11.6 Å². The van der Waals surface area contributed by atoms with Crippen LogP contribution < -0.4 is 0 Å². The van der Waals surface area contributed by atoms with Gasteiger partial charge in [-0.3, -0.25) is 4.79 Å². The summed E-state index contributed by atoms with van der Waals surface area (Å²) < 4.78 is 94.2. The van der Waals surface area contributed by atoms with Crippen molar-refractivity contribution in [2.45, 2.75) is 17.7 Å². The maximum Gasteiger partial charge on any atom is 0.411 e. The molecule has 0 aromatic heterocycles. The van der Waals surface area contributed by atoms with Gasteiger partial charge in [-0.25, -0.2) is 17.2 Å². The van der Waals surface area contributed by atoms with Crippen LogP contribution in [0.1, 0.15) is 15.9 Å². The van der Waals surface area contributed by atoms with Crippen LogP contribution in [0.5, 0.6) is 0 Å². The first-order chi connectivity index (χ1) is 15.0. The molecule has 2 aromatic carbocycles. The number of hydrogen-bond donors (Lipinski definition) is 0. The monoisotopic (exact) mass is 478 g/mol. The molecular weight excluding hydrogens is 459 g/mol. The maximum atomic E-state index is 13.9. The Kier molecular flexibility index (Phi) is 7.16. The molecule has 0 atom stereocenters. The number of carbonyl (C=O) groups is 1. The van der Waals surface area contributed by atoms with Crippen LogP contribution in [-0.4, -0.2) is 62.5 Å². The lowest BCUT2D eigenvalue weighted by Crippen LogP contribution is -2.50. The largest absolute Gasteiger partial charge is 0.411 e. The molecular formula is C20H19F5N2O4S. The van der Waals surface area contributed by atoms with Gasteiger partial charge < -0.3 is 9.64 Å². The van der Waals surface area contributed by atoms with E-state index < -0.39 is 39.3 Å². The van der Waals surface area contributed by atoms with Crippen LogP contribution >= 0.6 is 0 Å². The van der Waals surface area contributed by atoms with Crippen molar-refractivity contribution in [3.05, 3.63) is 65.2 Å². The lowest BCUT2D eigenvalue weighted by atomic mass is 10.1. The number of amides is 1. The predicted molar refractivity (Wildman–Crippen MR) is 103 cm³/mol. The SMILES string of the molecule is O=C(c1ccc(COCC(F)(F)F)cc1)N1CCN(S(=O)(=O)c2ccc(F)cc2F)CC1. The van der Waals surface area contributed by atoms with Gasteiger partial charge in [0.1, 0.15) is 23.1 Å². The Labute approximate surface area is 181 Å². The van der Waals surface area contributed by atoms with Gasteiger partial charge in [-0.2, -0.15) is 17.5 Å². The summed E-state index contributed by atoms with van der Waals surface area (Å²) in [6, 6.07) is 8.05. The second kappa shape index (κ2) is 9.51. The van der Waals surface area contributed by atoms with Gasteiger partial charge >= 0.3 is 6.18 Å². The standard InChI is InChI=1S/C20H19F5N2O4S/c21-16-5-6-18(17(22)11-16)32(29,30)27-9-7-26(8-10-27)19(28)15-3-1-14(2-4-15)12-31-13-20(23,24)25/h1-6,11H,7-10,12-13H2. The fourth-order valence-corrected chi connectivity index (χ4v) is 4.63. The number of piperazine rings is 1. The maximum absolute atomic E-state index is 13.9. The van der Waals surface area contributed by atoms with Crippen molar-refractivity contribution in [3.8, 4) is 0 Å². The van der Waals surface area contributed by atoms with Crippen molar-refractivity contribution in [2.24, 2.45) is 0 Å². The van der Waals surface area contributed by atoms with E-state index >= 15 is 0 Å². The first-order valence-electron chi connectivity index (χ1n) is 9.45. The van der Waals surface area contributed by atoms with E-state index in [-0.39, 0.29) is 44.3 Å². The van der Waals surface area contributed by atoms with Crippen molar-refractivity contribution >= 4 is 15.9 Å². The Morgan fingerprint density at radius 3 is 2.16 bits per heavy atom. The highest BCUT2D eigenvalue weighted by atomic mass is 32.2. The van der Waals surface area contributed by atoms with E-state index in [9.17, 15) is 35.2 Å². The molecule has 0 radical (unpaired) electrons. The van der Waals surface area contributed by atoms with Crippen molar-refractivity contribution in [3.63, 3.8) is 0 Å². The number of nitrogens with zero attached hydrogens (tertiary/aromatic N) is 2. The molecule has 1 amide bonds. The van der Waals surface area contributed by atoms with Crippen molar-refractivity contribution < 1.29 is 39.9 Å². The minimum Gasteiger partial charge on any atom is -0.367 e. The number of alkyl halides is 3. The highest BCUT2D eigenvalue weighted by molar-refractivity contribution is 7.89. The molecule has 2 aromatic rings. The third-order valence-corrected chi connectivity index (χ3v) is 6.70. The summed E-state index contributed by atoms with van der Waals surface area (Å²) in [6.07, 6.45) is -4.42. The van der Waals surface area contributed by atoms with Gasteiger partial charge in [-0.15, -0.1) is 0 Å². The van der Waals surface area contributed by atoms with Gasteiger partial charge in [0.2, 0.25) is 10.0 Å². The van der Waals surface area contributed by atoms with E-state index in [2.05, 4.69) is 4.74 Å². The molecule has 1 fully saturated rings. The first kappa shape index (κ1) is 24.1. The van der Waals surface area contributed by atoms with Crippen LogP contribution in [0.25, 0.3) is 0 Å². The Balaban J connectivity index is 1.58. The number of carbonyl (C=O) groups excluding carboxylic acids is 1. The molecule has 1 aliphatic rings. The van der Waals surface area contributed by atoms with Gasteiger partial charge in [0, 0.05) is 37.8 Å². The highest BCUT2D eigenvalue weighted by Gasteiger charge is 2.32. The third-order valence-electron chi connectivity index (χ3n) is 4.77. The molecule has 1 aliphatic heterocycles. The molecule has 0 spiro atoms. The van der Waals surface area contributed by atoms with Crippen molar-refractivity contribution in [1.82, 2.24) is 9.21 Å². The van der Waals surface area contributed by atoms with E-state index in [0.717, 1.165) is 16.4 Å². The minimum absolute atomic E-state index is 0.0529. The Morgan fingerprint density at radius 1 is 0.969 bits per heavy atom. The molecule has 0 bridgehead atoms. The summed E-state index contributed by atoms with van der Waals surface area (Å²) in [5.74, 6) is -2.46. The zero-order chi connectivity index (χ0) is 23.5. The fourth-order valence-electron chi connectivity index (χ4n) is 3.17. The zero-order valence-electron chi connectivity index (χ0n) is 16.6. The molecule has 3 rings (SSSR count). The molecule has 12 heteroatoms. The van der Waals surface area contributed by atoms with Crippen LogP contribution in [0.15, 0.2) is 47.4 Å². The molecule has 1 saturated heterocycles. The average molecular weight is 478 g/mol. The van der Waals surface area contributed by atoms with E-state index in [1.54, 1.807) is 0 Å². The number of benzene rings is 2. The number of halogens is 5. The fraction of sp³-hybridized carbons (Fsp3) is 0.350. The number of ether oxygens (including phenoxy) is 1. The van der Waals surface area contributed by atoms with Gasteiger partial charge in [0.15, 0.2) is 0 Å². The molecule has 174 valence electrons. The molecule has 6 nitrogen and oxygen atoms in total. The second-order valence-corrected chi connectivity index (χ2v) is 8.98. The van der Waals surface area contributed by atoms with Gasteiger partial charge in [-0.05, 0) is 29.8 Å². The molecule has 0 aliphatic carbocycles. The normalized spacial score (nSPS) is 15.7. The number of sulfonamides is 1. The average Bonchev–Trinajstić information content (AvgIpc) is 2.72. The van der Waals surface area contributed by atoms with E-state index in [1.165, 1.54) is 29.2 Å². The van der Waals surface area contributed by atoms with Crippen LogP contribution in [-0.2, 0) is 21.4 Å². The topological polar surface area (TPSA) is 66.9 Å². The Morgan fingerprint density at radius 2 is 1.59 bits per heavy atom. The molecule has 0 saturated carbocycles. The van der Waals surface area contributed by atoms with Crippen molar-refractivity contribution in [1.29, 1.82) is 0 Å². The van der Waals surface area contributed by atoms with Gasteiger partial charge in [0.05, 0.1) is 6.61 Å². The summed E-state index contributed by atoms with van der Waals surface area (Å²) in [5, 5.41) is 0. The van der Waals surface area contributed by atoms with Crippen molar-refractivity contribution in [2.75, 3.05) is 32.8 Å². The summed E-state index contributed by atoms with van der Waals surface area (Å²) >= 11 is 0. The summed E-state index contributed by atoms with van der Waals surface area (Å²) in [6.45, 7) is -1.68. The molecule has 32 heavy (non-hydrogen) atoms.